The summed E-state index contributed by atoms with van der Waals surface area (Å²) in [6.07, 6.45) is 9.75. The molecule has 1 saturated heterocycles. The first-order chi connectivity index (χ1) is 10.2. The number of hydrogen-bond donors (Lipinski definition) is 1. The van der Waals surface area contributed by atoms with Gasteiger partial charge in [-0.3, -0.25) is 4.90 Å². The van der Waals surface area contributed by atoms with Gasteiger partial charge in [0.2, 0.25) is 0 Å². The highest BCUT2D eigenvalue weighted by atomic mass is 16.5. The lowest BCUT2D eigenvalue weighted by Crippen LogP contribution is -2.49. The average molecular weight is 297 g/mol. The maximum Gasteiger partial charge on any atom is 0.0593 e. The Labute approximate surface area is 131 Å². The van der Waals surface area contributed by atoms with Crippen molar-refractivity contribution in [3.63, 3.8) is 0 Å². The summed E-state index contributed by atoms with van der Waals surface area (Å²) in [7, 11) is 0. The molecule has 2 aliphatic rings. The van der Waals surface area contributed by atoms with Gasteiger partial charge in [0.1, 0.15) is 0 Å². The third-order valence-electron chi connectivity index (χ3n) is 5.30. The highest BCUT2D eigenvalue weighted by Crippen LogP contribution is 2.33. The molecule has 0 spiro atoms. The molecule has 1 N–H and O–H groups in total. The van der Waals surface area contributed by atoms with E-state index in [2.05, 4.69) is 18.7 Å². The fraction of sp³-hybridized carbons (Fsp3) is 1.00. The zero-order valence-corrected chi connectivity index (χ0v) is 14.1. The molecule has 2 fully saturated rings. The van der Waals surface area contributed by atoms with Crippen molar-refractivity contribution in [2.75, 3.05) is 26.3 Å². The summed E-state index contributed by atoms with van der Waals surface area (Å²) in [6.45, 7) is 8.48. The summed E-state index contributed by atoms with van der Waals surface area (Å²) in [4.78, 5) is 2.61. The van der Waals surface area contributed by atoms with Crippen LogP contribution in [0.1, 0.15) is 65.2 Å². The highest BCUT2D eigenvalue weighted by molar-refractivity contribution is 4.88. The molecule has 3 atom stereocenters. The average Bonchev–Trinajstić information content (AvgIpc) is 2.48. The van der Waals surface area contributed by atoms with Crippen molar-refractivity contribution in [3.8, 4) is 0 Å². The Morgan fingerprint density at radius 2 is 1.81 bits per heavy atom. The standard InChI is InChI=1S/C18H35NO2/c1-15(2)10-13-21-14-12-19-11-6-5-8-17(19)16-7-3-4-9-18(16)20/h15-18,20H,3-14H2,1-2H3. The number of aliphatic hydroxyl groups excluding tert-OH is 1. The Balaban J connectivity index is 1.75. The van der Waals surface area contributed by atoms with Crippen LogP contribution in [-0.2, 0) is 4.74 Å². The van der Waals surface area contributed by atoms with Crippen LogP contribution < -0.4 is 0 Å². The lowest BCUT2D eigenvalue weighted by atomic mass is 9.78. The van der Waals surface area contributed by atoms with E-state index in [0.29, 0.717) is 12.0 Å². The lowest BCUT2D eigenvalue weighted by molar-refractivity contribution is -0.0161. The minimum Gasteiger partial charge on any atom is -0.393 e. The van der Waals surface area contributed by atoms with Crippen LogP contribution in [0.25, 0.3) is 0 Å². The highest BCUT2D eigenvalue weighted by Gasteiger charge is 2.35. The van der Waals surface area contributed by atoms with Crippen molar-refractivity contribution in [3.05, 3.63) is 0 Å². The molecule has 1 saturated carbocycles. The molecule has 124 valence electrons. The van der Waals surface area contributed by atoms with Crippen LogP contribution in [0.4, 0.5) is 0 Å². The lowest BCUT2D eigenvalue weighted by Gasteiger charge is -2.43. The Morgan fingerprint density at radius 1 is 1.05 bits per heavy atom. The second-order valence-corrected chi connectivity index (χ2v) is 7.41. The van der Waals surface area contributed by atoms with Crippen molar-refractivity contribution >= 4 is 0 Å². The number of ether oxygens (including phenoxy) is 1. The van der Waals surface area contributed by atoms with Gasteiger partial charge < -0.3 is 9.84 Å². The zero-order chi connectivity index (χ0) is 15.1. The van der Waals surface area contributed by atoms with Gasteiger partial charge in [0.25, 0.3) is 0 Å². The molecule has 3 heteroatoms. The van der Waals surface area contributed by atoms with E-state index in [0.717, 1.165) is 38.5 Å². The summed E-state index contributed by atoms with van der Waals surface area (Å²) >= 11 is 0. The van der Waals surface area contributed by atoms with E-state index in [1.165, 1.54) is 45.1 Å². The molecule has 3 unspecified atom stereocenters. The normalized spacial score (nSPS) is 31.7. The topological polar surface area (TPSA) is 32.7 Å². The second-order valence-electron chi connectivity index (χ2n) is 7.41. The number of rotatable bonds is 7. The zero-order valence-electron chi connectivity index (χ0n) is 14.1. The van der Waals surface area contributed by atoms with Gasteiger partial charge in [-0.05, 0) is 44.6 Å². The van der Waals surface area contributed by atoms with Gasteiger partial charge >= 0.3 is 0 Å². The molecule has 0 amide bonds. The first-order valence-electron chi connectivity index (χ1n) is 9.18. The van der Waals surface area contributed by atoms with E-state index in [1.54, 1.807) is 0 Å². The second kappa shape index (κ2) is 9.12. The minimum absolute atomic E-state index is 0.0637. The van der Waals surface area contributed by atoms with Crippen molar-refractivity contribution in [1.82, 2.24) is 4.90 Å². The first-order valence-corrected chi connectivity index (χ1v) is 9.18. The molecule has 0 aromatic heterocycles. The van der Waals surface area contributed by atoms with Crippen LogP contribution in [0, 0.1) is 11.8 Å². The Kier molecular flexibility index (Phi) is 7.48. The quantitative estimate of drug-likeness (QED) is 0.731. The van der Waals surface area contributed by atoms with Crippen LogP contribution in [0.2, 0.25) is 0 Å². The molecule has 1 aliphatic carbocycles. The molecule has 1 aliphatic heterocycles. The van der Waals surface area contributed by atoms with E-state index >= 15 is 0 Å². The van der Waals surface area contributed by atoms with Gasteiger partial charge in [-0.25, -0.2) is 0 Å². The molecule has 0 aromatic rings. The maximum atomic E-state index is 10.4. The fourth-order valence-electron chi connectivity index (χ4n) is 3.97. The van der Waals surface area contributed by atoms with E-state index < -0.39 is 0 Å². The predicted octanol–water partition coefficient (Wildman–Crippen LogP) is 3.45. The number of likely N-dealkylation sites (tertiary alicyclic amines) is 1. The molecular formula is C18H35NO2. The van der Waals surface area contributed by atoms with Crippen LogP contribution in [0.5, 0.6) is 0 Å². The molecule has 0 bridgehead atoms. The number of aliphatic hydroxyl groups is 1. The molecular weight excluding hydrogens is 262 g/mol. The number of hydrogen-bond acceptors (Lipinski definition) is 3. The van der Waals surface area contributed by atoms with Crippen LogP contribution in [0.15, 0.2) is 0 Å². The van der Waals surface area contributed by atoms with Crippen LogP contribution >= 0.6 is 0 Å². The summed E-state index contributed by atoms with van der Waals surface area (Å²) < 4.78 is 5.81. The van der Waals surface area contributed by atoms with Crippen molar-refractivity contribution in [2.45, 2.75) is 77.4 Å². The molecule has 0 aromatic carbocycles. The third-order valence-corrected chi connectivity index (χ3v) is 5.30. The number of nitrogens with zero attached hydrogens (tertiary/aromatic N) is 1. The van der Waals surface area contributed by atoms with Gasteiger partial charge in [-0.15, -0.1) is 0 Å². The SMILES string of the molecule is CC(C)CCOCCN1CCCCC1C1CCCCC1O. The first kappa shape index (κ1) is 17.2. The van der Waals surface area contributed by atoms with E-state index in [4.69, 9.17) is 4.74 Å². The number of piperidine rings is 1. The molecule has 2 rings (SSSR count). The Hall–Kier alpha value is -0.120. The van der Waals surface area contributed by atoms with Gasteiger partial charge in [0, 0.05) is 25.1 Å². The fourth-order valence-corrected chi connectivity index (χ4v) is 3.97. The van der Waals surface area contributed by atoms with Crippen LogP contribution in [0.3, 0.4) is 0 Å². The monoisotopic (exact) mass is 297 g/mol. The minimum atomic E-state index is -0.0637. The van der Waals surface area contributed by atoms with Gasteiger partial charge in [0.15, 0.2) is 0 Å². The summed E-state index contributed by atoms with van der Waals surface area (Å²) in [5, 5.41) is 10.4. The van der Waals surface area contributed by atoms with Crippen LogP contribution in [-0.4, -0.2) is 48.5 Å². The largest absolute Gasteiger partial charge is 0.393 e. The Morgan fingerprint density at radius 3 is 2.57 bits per heavy atom. The smallest absolute Gasteiger partial charge is 0.0593 e. The van der Waals surface area contributed by atoms with Crippen molar-refractivity contribution in [1.29, 1.82) is 0 Å². The van der Waals surface area contributed by atoms with Crippen molar-refractivity contribution in [2.24, 2.45) is 11.8 Å². The van der Waals surface area contributed by atoms with Gasteiger partial charge in [-0.2, -0.15) is 0 Å². The van der Waals surface area contributed by atoms with Gasteiger partial charge in [0.05, 0.1) is 12.7 Å². The van der Waals surface area contributed by atoms with E-state index in [-0.39, 0.29) is 6.10 Å². The third kappa shape index (κ3) is 5.54. The Bertz CT molecular complexity index is 282. The predicted molar refractivity (Wildman–Crippen MR) is 87.5 cm³/mol. The molecule has 3 nitrogen and oxygen atoms in total. The van der Waals surface area contributed by atoms with Gasteiger partial charge in [-0.1, -0.05) is 33.1 Å². The molecule has 21 heavy (non-hydrogen) atoms. The molecule has 1 heterocycles. The summed E-state index contributed by atoms with van der Waals surface area (Å²) in [5.74, 6) is 1.24. The van der Waals surface area contributed by atoms with Crippen molar-refractivity contribution < 1.29 is 9.84 Å². The van der Waals surface area contributed by atoms with E-state index in [1.807, 2.05) is 0 Å². The molecule has 0 radical (unpaired) electrons. The van der Waals surface area contributed by atoms with E-state index in [9.17, 15) is 5.11 Å². The summed E-state index contributed by atoms with van der Waals surface area (Å²) in [5.41, 5.74) is 0. The maximum absolute atomic E-state index is 10.4. The summed E-state index contributed by atoms with van der Waals surface area (Å²) in [6, 6.07) is 0.600.